The van der Waals surface area contributed by atoms with Crippen LogP contribution >= 0.6 is 11.6 Å². The second-order valence-corrected chi connectivity index (χ2v) is 7.21. The highest BCUT2D eigenvalue weighted by Crippen LogP contribution is 2.30. The summed E-state index contributed by atoms with van der Waals surface area (Å²) in [6.07, 6.45) is 5.93. The number of carbonyl (C=O) groups excluding carboxylic acids is 1. The molecule has 1 amide bonds. The number of halogens is 2. The van der Waals surface area contributed by atoms with Gasteiger partial charge in [0.1, 0.15) is 5.82 Å². The minimum atomic E-state index is -0.246. The highest BCUT2D eigenvalue weighted by atomic mass is 35.5. The van der Waals surface area contributed by atoms with Crippen molar-refractivity contribution < 1.29 is 9.18 Å². The van der Waals surface area contributed by atoms with E-state index in [0.717, 1.165) is 28.5 Å². The zero-order valence-corrected chi connectivity index (χ0v) is 15.6. The molecule has 1 aliphatic heterocycles. The van der Waals surface area contributed by atoms with Crippen LogP contribution in [0.2, 0.25) is 5.02 Å². The fraction of sp³-hybridized carbons (Fsp3) is 0.227. The van der Waals surface area contributed by atoms with Crippen molar-refractivity contribution in [2.24, 2.45) is 0 Å². The molecule has 3 aromatic rings. The number of aryl methyl sites for hydroxylation is 1. The average molecular weight is 383 g/mol. The molecule has 5 heteroatoms. The van der Waals surface area contributed by atoms with Crippen molar-refractivity contribution in [2.75, 3.05) is 13.1 Å². The number of hydrogen-bond acceptors (Lipinski definition) is 1. The Morgan fingerprint density at radius 2 is 2.07 bits per heavy atom. The molecule has 0 fully saturated rings. The first kappa shape index (κ1) is 17.8. The van der Waals surface area contributed by atoms with Gasteiger partial charge in [-0.3, -0.25) is 4.79 Å². The maximum atomic E-state index is 13.4. The molecule has 0 spiro atoms. The highest BCUT2D eigenvalue weighted by molar-refractivity contribution is 6.31. The van der Waals surface area contributed by atoms with E-state index < -0.39 is 0 Å². The summed E-state index contributed by atoms with van der Waals surface area (Å²) in [5.74, 6) is -0.102. The molecule has 138 valence electrons. The Labute approximate surface area is 162 Å². The lowest BCUT2D eigenvalue weighted by Crippen LogP contribution is -2.34. The van der Waals surface area contributed by atoms with E-state index in [9.17, 15) is 9.18 Å². The molecule has 1 N–H and O–H groups in total. The Bertz CT molecular complexity index is 1020. The summed E-state index contributed by atoms with van der Waals surface area (Å²) in [6, 6.07) is 12.4. The Balaban J connectivity index is 1.42. The van der Waals surface area contributed by atoms with Gasteiger partial charge in [-0.05, 0) is 48.2 Å². The Kier molecular flexibility index (Phi) is 4.99. The second-order valence-electron chi connectivity index (χ2n) is 6.80. The summed E-state index contributed by atoms with van der Waals surface area (Å²) in [4.78, 5) is 17.5. The van der Waals surface area contributed by atoms with Crippen LogP contribution in [0.15, 0.2) is 54.7 Å². The van der Waals surface area contributed by atoms with Gasteiger partial charge in [-0.15, -0.1) is 0 Å². The van der Waals surface area contributed by atoms with Gasteiger partial charge in [-0.1, -0.05) is 35.9 Å². The van der Waals surface area contributed by atoms with E-state index >= 15 is 0 Å². The summed E-state index contributed by atoms with van der Waals surface area (Å²) < 4.78 is 13.4. The van der Waals surface area contributed by atoms with Crippen molar-refractivity contribution in [1.29, 1.82) is 0 Å². The second kappa shape index (κ2) is 7.57. The van der Waals surface area contributed by atoms with Crippen molar-refractivity contribution in [3.05, 3.63) is 76.7 Å². The molecular weight excluding hydrogens is 363 g/mol. The molecule has 0 atom stereocenters. The van der Waals surface area contributed by atoms with E-state index in [2.05, 4.69) is 11.1 Å². The van der Waals surface area contributed by atoms with Crippen LogP contribution in [0.1, 0.15) is 24.0 Å². The topological polar surface area (TPSA) is 36.1 Å². The van der Waals surface area contributed by atoms with Gasteiger partial charge in [-0.2, -0.15) is 0 Å². The third-order valence-electron chi connectivity index (χ3n) is 5.12. The number of aromatic nitrogens is 1. The first-order chi connectivity index (χ1) is 13.1. The number of hydrogen-bond donors (Lipinski definition) is 1. The van der Waals surface area contributed by atoms with Crippen molar-refractivity contribution in [1.82, 2.24) is 9.88 Å². The largest absolute Gasteiger partial charge is 0.360 e. The lowest BCUT2D eigenvalue weighted by Gasteiger charge is -2.26. The molecule has 2 aromatic carbocycles. The van der Waals surface area contributed by atoms with Crippen LogP contribution in [0.3, 0.4) is 0 Å². The van der Waals surface area contributed by atoms with Crippen LogP contribution < -0.4 is 0 Å². The molecule has 0 bridgehead atoms. The van der Waals surface area contributed by atoms with Crippen molar-refractivity contribution in [3.8, 4) is 0 Å². The molecule has 4 rings (SSSR count). The highest BCUT2D eigenvalue weighted by Gasteiger charge is 2.19. The molecule has 0 unspecified atom stereocenters. The smallest absolute Gasteiger partial charge is 0.223 e. The number of aromatic amines is 1. The van der Waals surface area contributed by atoms with E-state index in [1.807, 2.05) is 35.4 Å². The summed E-state index contributed by atoms with van der Waals surface area (Å²) in [6.45, 7) is 1.30. The van der Waals surface area contributed by atoms with E-state index in [1.54, 1.807) is 6.07 Å². The van der Waals surface area contributed by atoms with Crippen molar-refractivity contribution in [2.45, 2.75) is 19.3 Å². The van der Waals surface area contributed by atoms with Gasteiger partial charge in [0.2, 0.25) is 5.91 Å². The monoisotopic (exact) mass is 382 g/mol. The van der Waals surface area contributed by atoms with Crippen molar-refractivity contribution in [3.63, 3.8) is 0 Å². The zero-order chi connectivity index (χ0) is 18.8. The van der Waals surface area contributed by atoms with E-state index in [4.69, 9.17) is 11.6 Å². The quantitative estimate of drug-likeness (QED) is 0.660. The summed E-state index contributed by atoms with van der Waals surface area (Å²) in [5.41, 5.74) is 4.09. The molecule has 1 aliphatic rings. The maximum Gasteiger partial charge on any atom is 0.223 e. The van der Waals surface area contributed by atoms with Crippen LogP contribution in [0, 0.1) is 5.82 Å². The standard InChI is InChI=1S/C22H20ClFN2O/c23-20-4-2-1-3-16(20)5-8-22(27)26-11-9-15(10-12-26)19-14-25-21-13-17(24)6-7-18(19)21/h1-4,6-7,9,13-14,25H,5,8,10-12H2. The van der Waals surface area contributed by atoms with E-state index in [1.165, 1.54) is 17.7 Å². The van der Waals surface area contributed by atoms with Gasteiger partial charge >= 0.3 is 0 Å². The fourth-order valence-corrected chi connectivity index (χ4v) is 3.84. The molecule has 1 aromatic heterocycles. The number of rotatable bonds is 4. The predicted molar refractivity (Wildman–Crippen MR) is 107 cm³/mol. The number of carbonyl (C=O) groups is 1. The Morgan fingerprint density at radius 1 is 1.22 bits per heavy atom. The maximum absolute atomic E-state index is 13.4. The summed E-state index contributed by atoms with van der Waals surface area (Å²) in [5, 5.41) is 1.73. The molecular formula is C22H20ClFN2O. The number of benzene rings is 2. The normalized spacial score (nSPS) is 14.4. The van der Waals surface area contributed by atoms with Crippen molar-refractivity contribution >= 4 is 34.0 Å². The van der Waals surface area contributed by atoms with Gasteiger partial charge in [0.25, 0.3) is 0 Å². The van der Waals surface area contributed by atoms with Crippen LogP contribution in [-0.2, 0) is 11.2 Å². The molecule has 0 saturated heterocycles. The summed E-state index contributed by atoms with van der Waals surface area (Å²) >= 11 is 6.17. The average Bonchev–Trinajstić information content (AvgIpc) is 3.10. The molecule has 0 radical (unpaired) electrons. The number of fused-ring (bicyclic) bond motifs is 1. The van der Waals surface area contributed by atoms with Crippen LogP contribution in [0.25, 0.3) is 16.5 Å². The van der Waals surface area contributed by atoms with E-state index in [0.29, 0.717) is 31.0 Å². The molecule has 3 nitrogen and oxygen atoms in total. The first-order valence-corrected chi connectivity index (χ1v) is 9.47. The van der Waals surface area contributed by atoms with Crippen LogP contribution in [0.5, 0.6) is 0 Å². The summed E-state index contributed by atoms with van der Waals surface area (Å²) in [7, 11) is 0. The molecule has 0 aliphatic carbocycles. The van der Waals surface area contributed by atoms with Crippen LogP contribution in [-0.4, -0.2) is 28.9 Å². The minimum absolute atomic E-state index is 0.145. The molecule has 0 saturated carbocycles. The number of nitrogens with one attached hydrogen (secondary N) is 1. The number of H-pyrrole nitrogens is 1. The fourth-order valence-electron chi connectivity index (χ4n) is 3.61. The minimum Gasteiger partial charge on any atom is -0.360 e. The Hall–Kier alpha value is -2.59. The Morgan fingerprint density at radius 3 is 2.85 bits per heavy atom. The lowest BCUT2D eigenvalue weighted by molar-refractivity contribution is -0.130. The number of nitrogens with zero attached hydrogens (tertiary/aromatic N) is 1. The molecule has 2 heterocycles. The predicted octanol–water partition coefficient (Wildman–Crippen LogP) is 5.21. The van der Waals surface area contributed by atoms with Gasteiger partial charge in [-0.25, -0.2) is 4.39 Å². The SMILES string of the molecule is O=C(CCc1ccccc1Cl)N1CC=C(c2c[nH]c3cc(F)ccc23)CC1. The van der Waals surface area contributed by atoms with Gasteiger partial charge in [0.05, 0.1) is 0 Å². The lowest BCUT2D eigenvalue weighted by atomic mass is 9.98. The first-order valence-electron chi connectivity index (χ1n) is 9.09. The molecule has 27 heavy (non-hydrogen) atoms. The van der Waals surface area contributed by atoms with Gasteiger partial charge < -0.3 is 9.88 Å². The zero-order valence-electron chi connectivity index (χ0n) is 14.8. The number of amides is 1. The van der Waals surface area contributed by atoms with Gasteiger partial charge in [0.15, 0.2) is 0 Å². The van der Waals surface area contributed by atoms with Crippen LogP contribution in [0.4, 0.5) is 4.39 Å². The third-order valence-corrected chi connectivity index (χ3v) is 5.49. The third kappa shape index (κ3) is 3.76. The van der Waals surface area contributed by atoms with Gasteiger partial charge in [0, 0.05) is 47.2 Å². The van der Waals surface area contributed by atoms with E-state index in [-0.39, 0.29) is 11.7 Å².